The Hall–Kier alpha value is -3.85. The lowest BCUT2D eigenvalue weighted by atomic mass is 9.71. The first kappa shape index (κ1) is 28.2. The molecule has 0 spiro atoms. The highest BCUT2D eigenvalue weighted by Gasteiger charge is 2.35. The van der Waals surface area contributed by atoms with Gasteiger partial charge in [-0.1, -0.05) is 90.5 Å². The minimum Gasteiger partial charge on any atom is -0.313 e. The molecule has 0 aromatic heterocycles. The number of rotatable bonds is 13. The van der Waals surface area contributed by atoms with E-state index in [-0.39, 0.29) is 17.1 Å². The molecule has 4 aromatic rings. The predicted octanol–water partition coefficient (Wildman–Crippen LogP) is 5.74. The summed E-state index contributed by atoms with van der Waals surface area (Å²) < 4.78 is 29.5. The Bertz CT molecular complexity index is 1440. The van der Waals surface area contributed by atoms with Crippen molar-refractivity contribution in [1.82, 2.24) is 10.0 Å². The molecule has 0 atom stereocenters. The monoisotopic (exact) mass is 543 g/mol. The molecule has 0 amide bonds. The molecule has 4 rings (SSSR count). The molecule has 0 saturated carbocycles. The van der Waals surface area contributed by atoms with E-state index in [0.29, 0.717) is 19.5 Å². The first-order chi connectivity index (χ1) is 18.8. The molecule has 2 N–H and O–H groups in total. The van der Waals surface area contributed by atoms with Crippen LogP contribution in [0, 0.1) is 17.0 Å². The van der Waals surface area contributed by atoms with Crippen LogP contribution in [0.4, 0.5) is 5.69 Å². The van der Waals surface area contributed by atoms with Crippen molar-refractivity contribution in [3.05, 3.63) is 142 Å². The first-order valence-corrected chi connectivity index (χ1v) is 14.4. The molecule has 8 heteroatoms. The molecule has 0 bridgehead atoms. The maximum absolute atomic E-state index is 13.3. The van der Waals surface area contributed by atoms with Gasteiger partial charge in [0.15, 0.2) is 0 Å². The molecule has 0 fully saturated rings. The summed E-state index contributed by atoms with van der Waals surface area (Å²) in [7, 11) is -3.73. The SMILES string of the molecule is Cc1ccc(S(=O)(=O)NCC(CCCNCc2cccc([N+](=O)[O-])c2)(c2ccccc2)c2ccccc2)cc1. The van der Waals surface area contributed by atoms with Crippen molar-refractivity contribution in [2.75, 3.05) is 13.1 Å². The molecule has 0 unspecified atom stereocenters. The fourth-order valence-electron chi connectivity index (χ4n) is 4.81. The lowest BCUT2D eigenvalue weighted by Crippen LogP contribution is -2.42. The zero-order valence-electron chi connectivity index (χ0n) is 21.9. The maximum atomic E-state index is 13.3. The largest absolute Gasteiger partial charge is 0.313 e. The number of sulfonamides is 1. The van der Waals surface area contributed by atoms with Crippen molar-refractivity contribution < 1.29 is 13.3 Å². The van der Waals surface area contributed by atoms with Gasteiger partial charge in [0, 0.05) is 30.6 Å². The summed E-state index contributed by atoms with van der Waals surface area (Å²) in [5, 5.41) is 14.5. The summed E-state index contributed by atoms with van der Waals surface area (Å²) in [6, 6.07) is 33.4. The third-order valence-corrected chi connectivity index (χ3v) is 8.37. The van der Waals surface area contributed by atoms with Crippen molar-refractivity contribution in [2.24, 2.45) is 0 Å². The fraction of sp³-hybridized carbons (Fsp3) is 0.226. The fourth-order valence-corrected chi connectivity index (χ4v) is 5.91. The summed E-state index contributed by atoms with van der Waals surface area (Å²) in [4.78, 5) is 10.9. The summed E-state index contributed by atoms with van der Waals surface area (Å²) in [5.41, 5.74) is 3.36. The number of nitrogens with zero attached hydrogens (tertiary/aromatic N) is 1. The Labute approximate surface area is 230 Å². The smallest absolute Gasteiger partial charge is 0.269 e. The van der Waals surface area contributed by atoms with E-state index in [2.05, 4.69) is 10.0 Å². The zero-order valence-corrected chi connectivity index (χ0v) is 22.7. The van der Waals surface area contributed by atoms with Gasteiger partial charge >= 0.3 is 0 Å². The Balaban J connectivity index is 1.55. The normalized spacial score (nSPS) is 11.8. The van der Waals surface area contributed by atoms with E-state index in [1.807, 2.05) is 73.7 Å². The van der Waals surface area contributed by atoms with Gasteiger partial charge in [0.25, 0.3) is 5.69 Å². The first-order valence-electron chi connectivity index (χ1n) is 12.9. The van der Waals surface area contributed by atoms with Gasteiger partial charge in [0.1, 0.15) is 0 Å². The standard InChI is InChI=1S/C31H33N3O4S/c1-25-16-18-30(19-17-25)39(37,38)33-24-31(27-11-4-2-5-12-27,28-13-6-3-7-14-28)20-9-21-32-23-26-10-8-15-29(22-26)34(35)36/h2-8,10-19,22,32-33H,9,20-21,23-24H2,1H3. The third kappa shape index (κ3) is 7.17. The van der Waals surface area contributed by atoms with Crippen LogP contribution in [0.2, 0.25) is 0 Å². The van der Waals surface area contributed by atoms with Gasteiger partial charge in [0.2, 0.25) is 10.0 Å². The van der Waals surface area contributed by atoms with Crippen molar-refractivity contribution in [1.29, 1.82) is 0 Å². The second-order valence-corrected chi connectivity index (χ2v) is 11.4. The average Bonchev–Trinajstić information content (AvgIpc) is 2.96. The maximum Gasteiger partial charge on any atom is 0.269 e. The summed E-state index contributed by atoms with van der Waals surface area (Å²) in [6.45, 7) is 3.29. The van der Waals surface area contributed by atoms with Gasteiger partial charge in [-0.25, -0.2) is 13.1 Å². The van der Waals surface area contributed by atoms with Crippen molar-refractivity contribution in [3.8, 4) is 0 Å². The zero-order chi connectivity index (χ0) is 27.7. The van der Waals surface area contributed by atoms with Gasteiger partial charge < -0.3 is 5.32 Å². The molecular weight excluding hydrogens is 510 g/mol. The van der Waals surface area contributed by atoms with Gasteiger partial charge in [-0.15, -0.1) is 0 Å². The number of nitro groups is 1. The Kier molecular flexibility index (Phi) is 9.24. The van der Waals surface area contributed by atoms with E-state index in [1.54, 1.807) is 36.4 Å². The highest BCUT2D eigenvalue weighted by molar-refractivity contribution is 7.89. The van der Waals surface area contributed by atoms with Crippen molar-refractivity contribution >= 4 is 15.7 Å². The highest BCUT2D eigenvalue weighted by atomic mass is 32.2. The van der Waals surface area contributed by atoms with Crippen molar-refractivity contribution in [2.45, 2.75) is 36.6 Å². The van der Waals surface area contributed by atoms with Crippen LogP contribution < -0.4 is 10.0 Å². The molecule has 39 heavy (non-hydrogen) atoms. The van der Waals surface area contributed by atoms with Gasteiger partial charge in [0.05, 0.1) is 9.82 Å². The topological polar surface area (TPSA) is 101 Å². The van der Waals surface area contributed by atoms with Crippen LogP contribution >= 0.6 is 0 Å². The van der Waals surface area contributed by atoms with Gasteiger partial charge in [-0.3, -0.25) is 10.1 Å². The summed E-state index contributed by atoms with van der Waals surface area (Å²) in [5.74, 6) is 0. The number of nitrogens with one attached hydrogen (secondary N) is 2. The minimum atomic E-state index is -3.73. The molecule has 0 aliphatic carbocycles. The van der Waals surface area contributed by atoms with Crippen LogP contribution in [0.5, 0.6) is 0 Å². The molecule has 0 heterocycles. The number of non-ortho nitro benzene ring substituents is 1. The summed E-state index contributed by atoms with van der Waals surface area (Å²) in [6.07, 6.45) is 1.43. The van der Waals surface area contributed by atoms with E-state index in [0.717, 1.165) is 28.7 Å². The lowest BCUT2D eigenvalue weighted by molar-refractivity contribution is -0.384. The lowest BCUT2D eigenvalue weighted by Gasteiger charge is -2.36. The molecular formula is C31H33N3O4S. The van der Waals surface area contributed by atoms with Crippen LogP contribution in [-0.2, 0) is 22.0 Å². The highest BCUT2D eigenvalue weighted by Crippen LogP contribution is 2.37. The molecule has 4 aromatic carbocycles. The van der Waals surface area contributed by atoms with Crippen molar-refractivity contribution in [3.63, 3.8) is 0 Å². The van der Waals surface area contributed by atoms with Crippen LogP contribution in [0.25, 0.3) is 0 Å². The molecule has 0 aliphatic heterocycles. The van der Waals surface area contributed by atoms with Crippen LogP contribution in [0.15, 0.2) is 114 Å². The van der Waals surface area contributed by atoms with E-state index in [4.69, 9.17) is 0 Å². The van der Waals surface area contributed by atoms with Gasteiger partial charge in [-0.2, -0.15) is 0 Å². The number of aryl methyl sites for hydroxylation is 1. The second kappa shape index (κ2) is 12.8. The van der Waals surface area contributed by atoms with Gasteiger partial charge in [-0.05, 0) is 55.1 Å². The van der Waals surface area contributed by atoms with E-state index >= 15 is 0 Å². The molecule has 202 valence electrons. The number of hydrogen-bond acceptors (Lipinski definition) is 5. The molecule has 0 radical (unpaired) electrons. The summed E-state index contributed by atoms with van der Waals surface area (Å²) >= 11 is 0. The molecule has 0 saturated heterocycles. The van der Waals surface area contributed by atoms with Crippen LogP contribution in [0.3, 0.4) is 0 Å². The Morgan fingerprint density at radius 3 is 2.03 bits per heavy atom. The predicted molar refractivity (Wildman–Crippen MR) is 154 cm³/mol. The van der Waals surface area contributed by atoms with E-state index in [9.17, 15) is 18.5 Å². The van der Waals surface area contributed by atoms with Crippen LogP contribution in [-0.4, -0.2) is 26.4 Å². The van der Waals surface area contributed by atoms with E-state index < -0.39 is 20.4 Å². The van der Waals surface area contributed by atoms with Crippen LogP contribution in [0.1, 0.15) is 35.1 Å². The number of hydrogen-bond donors (Lipinski definition) is 2. The van der Waals surface area contributed by atoms with E-state index in [1.165, 1.54) is 6.07 Å². The third-order valence-electron chi connectivity index (χ3n) is 6.96. The number of benzene rings is 4. The minimum absolute atomic E-state index is 0.0716. The second-order valence-electron chi connectivity index (χ2n) is 9.66. The molecule has 7 nitrogen and oxygen atoms in total. The Morgan fingerprint density at radius 1 is 0.821 bits per heavy atom. The quantitative estimate of drug-likeness (QED) is 0.127. The number of nitro benzene ring substituents is 1. The average molecular weight is 544 g/mol. The molecule has 0 aliphatic rings. The Morgan fingerprint density at radius 2 is 1.44 bits per heavy atom.